The first kappa shape index (κ1) is 26.6. The topological polar surface area (TPSA) is 110 Å². The lowest BCUT2D eigenvalue weighted by atomic mass is 10.1. The van der Waals surface area contributed by atoms with Crippen LogP contribution in [0.15, 0.2) is 36.3 Å². The molecule has 0 bridgehead atoms. The van der Waals surface area contributed by atoms with Crippen LogP contribution in [-0.4, -0.2) is 58.4 Å². The lowest BCUT2D eigenvalue weighted by Gasteiger charge is -2.11. The van der Waals surface area contributed by atoms with Gasteiger partial charge in [0.1, 0.15) is 15.9 Å². The summed E-state index contributed by atoms with van der Waals surface area (Å²) in [5.74, 6) is -2.39. The predicted molar refractivity (Wildman–Crippen MR) is 118 cm³/mol. The highest BCUT2D eigenvalue weighted by atomic mass is 35.5. The number of rotatable bonds is 6. The maximum atomic E-state index is 12.4. The quantitative estimate of drug-likeness (QED) is 0.150. The Kier molecular flexibility index (Phi) is 10.7. The molecular weight excluding hydrogens is 492 g/mol. The summed E-state index contributed by atoms with van der Waals surface area (Å²) in [6.07, 6.45) is 3.73. The van der Waals surface area contributed by atoms with Gasteiger partial charge < -0.3 is 14.7 Å². The molecule has 0 aliphatic heterocycles. The number of carboxylic acids is 1. The number of aromatic nitrogens is 2. The van der Waals surface area contributed by atoms with Crippen LogP contribution < -0.4 is 0 Å². The van der Waals surface area contributed by atoms with E-state index in [0.717, 1.165) is 6.20 Å². The van der Waals surface area contributed by atoms with Gasteiger partial charge in [-0.2, -0.15) is 0 Å². The van der Waals surface area contributed by atoms with Crippen LogP contribution in [0.2, 0.25) is 20.4 Å². The van der Waals surface area contributed by atoms with Crippen molar-refractivity contribution in [2.45, 2.75) is 6.92 Å². The maximum Gasteiger partial charge on any atom is 0.343 e. The molecule has 0 aromatic carbocycles. The average Bonchev–Trinajstić information content (AvgIpc) is 2.65. The zero-order valence-corrected chi connectivity index (χ0v) is 19.6. The molecule has 2 aromatic heterocycles. The second kappa shape index (κ2) is 12.5. The van der Waals surface area contributed by atoms with Gasteiger partial charge in [-0.3, -0.25) is 4.79 Å². The number of carbonyl (C=O) groups is 3. The molecule has 0 unspecified atom stereocenters. The lowest BCUT2D eigenvalue weighted by molar-refractivity contribution is -0.138. The van der Waals surface area contributed by atoms with Gasteiger partial charge in [-0.25, -0.2) is 19.6 Å². The summed E-state index contributed by atoms with van der Waals surface area (Å²) in [7, 11) is 3.38. The Hall–Kier alpha value is -2.39. The number of pyridine rings is 2. The molecule has 0 aliphatic rings. The molecule has 8 nitrogen and oxygen atoms in total. The summed E-state index contributed by atoms with van der Waals surface area (Å²) < 4.78 is 4.87. The first-order chi connectivity index (χ1) is 14.5. The minimum atomic E-state index is -1.11. The molecule has 0 saturated heterocycles. The fourth-order valence-electron chi connectivity index (χ4n) is 1.96. The Morgan fingerprint density at radius 2 is 1.48 bits per heavy atom. The molecule has 0 aliphatic carbocycles. The van der Waals surface area contributed by atoms with Crippen molar-refractivity contribution in [2.75, 3.05) is 20.7 Å². The number of carbonyl (C=O) groups excluding carboxylic acids is 2. The molecule has 0 atom stereocenters. The van der Waals surface area contributed by atoms with Crippen molar-refractivity contribution in [3.8, 4) is 0 Å². The van der Waals surface area contributed by atoms with Crippen LogP contribution in [0.25, 0.3) is 0 Å². The predicted octanol–water partition coefficient (Wildman–Crippen LogP) is 4.67. The smallest absolute Gasteiger partial charge is 0.343 e. The highest BCUT2D eigenvalue weighted by Gasteiger charge is 2.24. The van der Waals surface area contributed by atoms with E-state index < -0.39 is 17.7 Å². The number of hydrogen-bond donors (Lipinski definition) is 1. The highest BCUT2D eigenvalue weighted by molar-refractivity contribution is 6.38. The molecular formula is C19H17Cl4N3O5. The molecule has 0 radical (unpaired) electrons. The van der Waals surface area contributed by atoms with Crippen molar-refractivity contribution < 1.29 is 24.2 Å². The second-order valence-corrected chi connectivity index (χ2v) is 7.42. The normalized spacial score (nSPS) is 10.6. The molecule has 0 fully saturated rings. The SMILES string of the molecule is CCOC(=O)C(=CN(C)C)C(=O)c1cnc(Cl)cc1Cl.O=C(O)c1cnc(Cl)cc1Cl. The number of ketones is 1. The fourth-order valence-corrected chi connectivity index (χ4v) is 2.85. The van der Waals surface area contributed by atoms with Crippen molar-refractivity contribution in [3.63, 3.8) is 0 Å². The summed E-state index contributed by atoms with van der Waals surface area (Å²) in [6.45, 7) is 1.83. The van der Waals surface area contributed by atoms with Crippen LogP contribution >= 0.6 is 46.4 Å². The summed E-state index contributed by atoms with van der Waals surface area (Å²) in [4.78, 5) is 43.5. The first-order valence-corrected chi connectivity index (χ1v) is 9.94. The van der Waals surface area contributed by atoms with Crippen LogP contribution in [0.1, 0.15) is 27.6 Å². The van der Waals surface area contributed by atoms with Gasteiger partial charge in [0.25, 0.3) is 0 Å². The molecule has 2 rings (SSSR count). The number of carboxylic acid groups (broad SMARTS) is 1. The number of halogens is 4. The Labute approximate surface area is 198 Å². The number of Topliss-reactive ketones (excluding diaryl/α,β-unsaturated/α-hetero) is 1. The van der Waals surface area contributed by atoms with Crippen molar-refractivity contribution in [3.05, 3.63) is 67.8 Å². The van der Waals surface area contributed by atoms with E-state index in [2.05, 4.69) is 9.97 Å². The van der Waals surface area contributed by atoms with Gasteiger partial charge in [-0.05, 0) is 19.1 Å². The van der Waals surface area contributed by atoms with E-state index in [1.54, 1.807) is 25.9 Å². The van der Waals surface area contributed by atoms with E-state index in [-0.39, 0.29) is 43.7 Å². The number of hydrogen-bond acceptors (Lipinski definition) is 7. The van der Waals surface area contributed by atoms with Gasteiger partial charge in [-0.1, -0.05) is 46.4 Å². The standard InChI is InChI=1S/C13H14Cl2N2O3.C6H3Cl2NO2/c1-4-20-13(19)9(7-17(2)3)12(18)8-6-16-11(15)5-10(8)14;7-4-1-5(8)9-2-3(4)6(10)11/h5-7H,4H2,1-3H3;1-2H,(H,10,11). The average molecular weight is 509 g/mol. The molecule has 31 heavy (non-hydrogen) atoms. The summed E-state index contributed by atoms with van der Waals surface area (Å²) in [5.41, 5.74) is -0.0730. The summed E-state index contributed by atoms with van der Waals surface area (Å²) >= 11 is 22.6. The van der Waals surface area contributed by atoms with Crippen LogP contribution in [0.5, 0.6) is 0 Å². The first-order valence-electron chi connectivity index (χ1n) is 8.43. The van der Waals surface area contributed by atoms with Gasteiger partial charge in [0.15, 0.2) is 0 Å². The molecule has 0 saturated carbocycles. The zero-order chi connectivity index (χ0) is 23.7. The van der Waals surface area contributed by atoms with E-state index in [1.165, 1.54) is 24.5 Å². The van der Waals surface area contributed by atoms with E-state index in [9.17, 15) is 14.4 Å². The van der Waals surface area contributed by atoms with Crippen molar-refractivity contribution in [2.24, 2.45) is 0 Å². The molecule has 0 amide bonds. The van der Waals surface area contributed by atoms with Crippen LogP contribution in [0.3, 0.4) is 0 Å². The van der Waals surface area contributed by atoms with Crippen molar-refractivity contribution in [1.29, 1.82) is 0 Å². The van der Waals surface area contributed by atoms with Gasteiger partial charge in [-0.15, -0.1) is 0 Å². The molecule has 0 spiro atoms. The van der Waals surface area contributed by atoms with Gasteiger partial charge in [0, 0.05) is 32.7 Å². The van der Waals surface area contributed by atoms with E-state index in [0.29, 0.717) is 0 Å². The van der Waals surface area contributed by atoms with Crippen molar-refractivity contribution in [1.82, 2.24) is 14.9 Å². The summed E-state index contributed by atoms with van der Waals surface area (Å²) in [6, 6.07) is 2.63. The zero-order valence-electron chi connectivity index (χ0n) is 16.5. The molecule has 2 heterocycles. The maximum absolute atomic E-state index is 12.4. The Morgan fingerprint density at radius 3 is 1.87 bits per heavy atom. The van der Waals surface area contributed by atoms with Crippen LogP contribution in [0, 0.1) is 0 Å². The van der Waals surface area contributed by atoms with Gasteiger partial charge >= 0.3 is 11.9 Å². The molecule has 166 valence electrons. The van der Waals surface area contributed by atoms with Gasteiger partial charge in [0.2, 0.25) is 5.78 Å². The van der Waals surface area contributed by atoms with E-state index in [4.69, 9.17) is 56.2 Å². The minimum Gasteiger partial charge on any atom is -0.478 e. The Morgan fingerprint density at radius 1 is 1.00 bits per heavy atom. The monoisotopic (exact) mass is 507 g/mol. The van der Waals surface area contributed by atoms with Crippen LogP contribution in [-0.2, 0) is 9.53 Å². The minimum absolute atomic E-state index is 0.0453. The van der Waals surface area contributed by atoms with Gasteiger partial charge in [0.05, 0.1) is 27.8 Å². The molecule has 1 N–H and O–H groups in total. The Balaban J connectivity index is 0.000000367. The number of aromatic carboxylic acids is 1. The highest BCUT2D eigenvalue weighted by Crippen LogP contribution is 2.22. The molecule has 2 aromatic rings. The summed E-state index contributed by atoms with van der Waals surface area (Å²) in [5, 5.41) is 9.06. The largest absolute Gasteiger partial charge is 0.478 e. The van der Waals surface area contributed by atoms with Crippen molar-refractivity contribution >= 4 is 64.1 Å². The fraction of sp³-hybridized carbons (Fsp3) is 0.211. The van der Waals surface area contributed by atoms with E-state index in [1.807, 2.05) is 0 Å². The lowest BCUT2D eigenvalue weighted by Crippen LogP contribution is -2.19. The number of esters is 1. The second-order valence-electron chi connectivity index (χ2n) is 5.83. The number of ether oxygens (including phenoxy) is 1. The third-order valence-corrected chi connectivity index (χ3v) is 4.28. The Bertz CT molecular complexity index is 1010. The third-order valence-electron chi connectivity index (χ3n) is 3.24. The molecule has 12 heteroatoms. The van der Waals surface area contributed by atoms with Crippen LogP contribution in [0.4, 0.5) is 0 Å². The van der Waals surface area contributed by atoms with E-state index >= 15 is 0 Å². The third kappa shape index (κ3) is 8.34. The number of nitrogens with zero attached hydrogens (tertiary/aromatic N) is 3.